The fourth-order valence-corrected chi connectivity index (χ4v) is 3.24. The Morgan fingerprint density at radius 3 is 2.11 bits per heavy atom. The van der Waals surface area contributed by atoms with Gasteiger partial charge in [0.1, 0.15) is 11.5 Å². The van der Waals surface area contributed by atoms with Gasteiger partial charge < -0.3 is 9.84 Å². The maximum atomic E-state index is 11.5. The summed E-state index contributed by atoms with van der Waals surface area (Å²) in [4.78, 5) is 16.3. The third kappa shape index (κ3) is 8.59. The Kier molecular flexibility index (Phi) is 10.4. The number of allylic oxidation sites excluding steroid dienone is 2. The van der Waals surface area contributed by atoms with Crippen LogP contribution in [0.5, 0.6) is 5.75 Å². The molecule has 191 valence electrons. The molecule has 0 saturated heterocycles. The molecule has 1 radical (unpaired) electrons. The number of hydrogen-bond donors (Lipinski definition) is 1. The molecule has 0 amide bonds. The van der Waals surface area contributed by atoms with Crippen LogP contribution in [0.1, 0.15) is 58.2 Å². The summed E-state index contributed by atoms with van der Waals surface area (Å²) in [6.45, 7) is 17.4. The number of hydrogen-bond acceptors (Lipinski definition) is 4. The van der Waals surface area contributed by atoms with E-state index in [-0.39, 0.29) is 37.1 Å². The predicted molar refractivity (Wildman–Crippen MR) is 141 cm³/mol. The minimum absolute atomic E-state index is 0. The molecular weight excluding hydrogens is 615 g/mol. The molecule has 1 N–H and O–H groups in total. The summed E-state index contributed by atoms with van der Waals surface area (Å²) in [7, 11) is 1.68. The first-order chi connectivity index (χ1) is 15.6. The third-order valence-corrected chi connectivity index (χ3v) is 5.39. The SMILES string of the molecule is CC(C)(C)C(=O)/C=C(\O)C(C)(C)C.COc1ccc2nc(-c3[c-]c(C)cc(C)c3)c(C)cc2c1.[Ir]. The summed E-state index contributed by atoms with van der Waals surface area (Å²) in [6, 6.07) is 15.8. The number of rotatable bonds is 3. The number of nitrogens with zero attached hydrogens (tertiary/aromatic N) is 1. The van der Waals surface area contributed by atoms with Gasteiger partial charge in [0, 0.05) is 42.4 Å². The molecule has 0 aliphatic rings. The van der Waals surface area contributed by atoms with Gasteiger partial charge in [0.05, 0.1) is 12.6 Å². The zero-order valence-electron chi connectivity index (χ0n) is 22.6. The van der Waals surface area contributed by atoms with Crippen molar-refractivity contribution in [1.82, 2.24) is 4.98 Å². The maximum Gasteiger partial charge on any atom is 0.164 e. The van der Waals surface area contributed by atoms with Crippen LogP contribution in [-0.4, -0.2) is 23.0 Å². The number of aromatic nitrogens is 1. The second kappa shape index (κ2) is 12.0. The molecule has 0 unspecified atom stereocenters. The van der Waals surface area contributed by atoms with E-state index in [9.17, 15) is 9.90 Å². The van der Waals surface area contributed by atoms with Gasteiger partial charge >= 0.3 is 0 Å². The topological polar surface area (TPSA) is 59.4 Å². The van der Waals surface area contributed by atoms with E-state index < -0.39 is 5.41 Å². The van der Waals surface area contributed by atoms with Gasteiger partial charge in [-0.1, -0.05) is 67.0 Å². The van der Waals surface area contributed by atoms with Crippen molar-refractivity contribution < 1.29 is 34.7 Å². The van der Waals surface area contributed by atoms with Crippen molar-refractivity contribution >= 4 is 16.7 Å². The number of carbonyl (C=O) groups excluding carboxylic acids is 1. The first-order valence-electron chi connectivity index (χ1n) is 11.5. The minimum atomic E-state index is -0.417. The molecule has 3 aromatic rings. The van der Waals surface area contributed by atoms with Gasteiger partial charge in [0.25, 0.3) is 0 Å². The number of aliphatic hydroxyl groups is 1. The molecule has 0 saturated carbocycles. The number of ketones is 1. The number of benzene rings is 2. The van der Waals surface area contributed by atoms with Crippen molar-refractivity contribution in [2.24, 2.45) is 10.8 Å². The number of pyridine rings is 1. The largest absolute Gasteiger partial charge is 0.512 e. The van der Waals surface area contributed by atoms with Crippen molar-refractivity contribution in [3.8, 4) is 17.0 Å². The molecule has 0 bridgehead atoms. The summed E-state index contributed by atoms with van der Waals surface area (Å²) >= 11 is 0. The molecule has 0 aliphatic carbocycles. The van der Waals surface area contributed by atoms with Crippen LogP contribution in [-0.2, 0) is 24.9 Å². The Morgan fingerprint density at radius 2 is 1.60 bits per heavy atom. The fourth-order valence-electron chi connectivity index (χ4n) is 3.24. The first kappa shape index (κ1) is 30.5. The van der Waals surface area contributed by atoms with E-state index in [4.69, 9.17) is 9.72 Å². The van der Waals surface area contributed by atoms with E-state index in [2.05, 4.69) is 45.0 Å². The molecule has 0 aliphatic heterocycles. The third-order valence-electron chi connectivity index (χ3n) is 5.39. The number of aliphatic hydroxyl groups excluding tert-OH is 1. The van der Waals surface area contributed by atoms with Crippen LogP contribution < -0.4 is 4.74 Å². The molecular formula is C30H38IrNO3-. The van der Waals surface area contributed by atoms with Gasteiger partial charge in [-0.05, 0) is 30.8 Å². The van der Waals surface area contributed by atoms with Crippen molar-refractivity contribution in [3.05, 3.63) is 71.0 Å². The van der Waals surface area contributed by atoms with Crippen LogP contribution in [0, 0.1) is 37.7 Å². The minimum Gasteiger partial charge on any atom is -0.512 e. The second-order valence-corrected chi connectivity index (χ2v) is 10.9. The van der Waals surface area contributed by atoms with E-state index in [1.54, 1.807) is 7.11 Å². The summed E-state index contributed by atoms with van der Waals surface area (Å²) in [5.74, 6) is 0.960. The zero-order valence-corrected chi connectivity index (χ0v) is 25.0. The summed E-state index contributed by atoms with van der Waals surface area (Å²) in [5.41, 5.74) is 5.79. The molecule has 35 heavy (non-hydrogen) atoms. The standard InChI is InChI=1S/C19H18NO.C11H20O2.Ir/c1-12-7-13(2)9-16(8-12)19-14(3)10-15-11-17(21-4)5-6-18(15)20-19;1-10(2,3)8(12)7-9(13)11(4,5)6;/h5-8,10-11H,1-4H3;7,12H,1-6H3;/q-1;;/b;8-7-;. The van der Waals surface area contributed by atoms with Gasteiger partial charge in [-0.25, -0.2) is 0 Å². The van der Waals surface area contributed by atoms with Gasteiger partial charge in [0.15, 0.2) is 5.78 Å². The van der Waals surface area contributed by atoms with Crippen LogP contribution in [0.3, 0.4) is 0 Å². The molecule has 0 atom stereocenters. The average Bonchev–Trinajstić information content (AvgIpc) is 2.71. The molecule has 1 heterocycles. The second-order valence-electron chi connectivity index (χ2n) is 10.9. The maximum absolute atomic E-state index is 11.5. The number of ether oxygens (including phenoxy) is 1. The summed E-state index contributed by atoms with van der Waals surface area (Å²) in [5, 5.41) is 10.7. The van der Waals surface area contributed by atoms with Gasteiger partial charge in [-0.15, -0.1) is 34.9 Å². The Hall–Kier alpha value is -2.49. The Morgan fingerprint density at radius 1 is 0.971 bits per heavy atom. The van der Waals surface area contributed by atoms with Crippen LogP contribution in [0.15, 0.2) is 48.2 Å². The monoisotopic (exact) mass is 653 g/mol. The number of methoxy groups -OCH3 is 1. The number of fused-ring (bicyclic) bond motifs is 1. The summed E-state index contributed by atoms with van der Waals surface area (Å²) in [6.07, 6.45) is 1.33. The van der Waals surface area contributed by atoms with E-state index in [1.807, 2.05) is 59.7 Å². The Bertz CT molecular complexity index is 1190. The normalized spacial score (nSPS) is 11.9. The van der Waals surface area contributed by atoms with Crippen LogP contribution in [0.25, 0.3) is 22.2 Å². The molecule has 0 spiro atoms. The molecule has 1 aromatic heterocycles. The molecule has 0 fully saturated rings. The number of aryl methyl sites for hydroxylation is 3. The molecule has 3 rings (SSSR count). The van der Waals surface area contributed by atoms with Crippen molar-refractivity contribution in [2.75, 3.05) is 7.11 Å². The van der Waals surface area contributed by atoms with Gasteiger partial charge in [-0.2, -0.15) is 0 Å². The number of carbonyl (C=O) groups is 1. The zero-order chi connectivity index (χ0) is 25.8. The van der Waals surface area contributed by atoms with Crippen LogP contribution >= 0.6 is 0 Å². The quantitative estimate of drug-likeness (QED) is 0.179. The van der Waals surface area contributed by atoms with Crippen molar-refractivity contribution in [3.63, 3.8) is 0 Å². The van der Waals surface area contributed by atoms with Crippen LogP contribution in [0.2, 0.25) is 0 Å². The fraction of sp³-hybridized carbons (Fsp3) is 0.400. The molecule has 4 nitrogen and oxygen atoms in total. The smallest absolute Gasteiger partial charge is 0.164 e. The van der Waals surface area contributed by atoms with Crippen molar-refractivity contribution in [1.29, 1.82) is 0 Å². The molecule has 2 aromatic carbocycles. The Labute approximate surface area is 224 Å². The van der Waals surface area contributed by atoms with Crippen LogP contribution in [0.4, 0.5) is 0 Å². The van der Waals surface area contributed by atoms with E-state index in [0.717, 1.165) is 39.0 Å². The van der Waals surface area contributed by atoms with Gasteiger partial charge in [0.2, 0.25) is 0 Å². The van der Waals surface area contributed by atoms with Gasteiger partial charge in [-0.3, -0.25) is 9.78 Å². The molecule has 5 heteroatoms. The first-order valence-corrected chi connectivity index (χ1v) is 11.5. The van der Waals surface area contributed by atoms with E-state index in [1.165, 1.54) is 11.6 Å². The van der Waals surface area contributed by atoms with E-state index in [0.29, 0.717) is 0 Å². The predicted octanol–water partition coefficient (Wildman–Crippen LogP) is 7.72. The summed E-state index contributed by atoms with van der Waals surface area (Å²) < 4.78 is 5.27. The average molecular weight is 653 g/mol. The van der Waals surface area contributed by atoms with E-state index >= 15 is 0 Å². The Balaban J connectivity index is 0.000000383. The van der Waals surface area contributed by atoms with Crippen molar-refractivity contribution in [2.45, 2.75) is 62.3 Å².